The Hall–Kier alpha value is -1.37. The Morgan fingerprint density at radius 2 is 2.14 bits per heavy atom. The van der Waals surface area contributed by atoms with Gasteiger partial charge < -0.3 is 5.32 Å². The number of hydrogen-bond donors (Lipinski definition) is 1. The lowest BCUT2D eigenvalue weighted by Gasteiger charge is -2.18. The highest BCUT2D eigenvalue weighted by atomic mass is 19.4. The number of alkyl halides is 3. The second-order valence-electron chi connectivity index (χ2n) is 5.87. The molecule has 0 amide bonds. The Bertz CT molecular complexity index is 462. The minimum atomic E-state index is -4.11. The van der Waals surface area contributed by atoms with Crippen LogP contribution in [0.2, 0.25) is 0 Å². The molecule has 21 heavy (non-hydrogen) atoms. The Kier molecular flexibility index (Phi) is 5.03. The highest BCUT2D eigenvalue weighted by Gasteiger charge is 2.34. The van der Waals surface area contributed by atoms with Crippen molar-refractivity contribution < 1.29 is 13.2 Å². The minimum Gasteiger partial charge on any atom is -0.370 e. The molecule has 1 unspecified atom stereocenters. The van der Waals surface area contributed by atoms with E-state index in [9.17, 15) is 13.2 Å². The monoisotopic (exact) mass is 302 g/mol. The average molecular weight is 302 g/mol. The molecule has 1 atom stereocenters. The van der Waals surface area contributed by atoms with Gasteiger partial charge in [0, 0.05) is 24.8 Å². The molecule has 1 aromatic heterocycles. The van der Waals surface area contributed by atoms with Gasteiger partial charge in [0.05, 0.1) is 6.54 Å². The molecule has 0 radical (unpaired) electrons. The molecule has 118 valence electrons. The van der Waals surface area contributed by atoms with Crippen molar-refractivity contribution in [3.63, 3.8) is 0 Å². The number of likely N-dealkylation sites (tertiary alicyclic amines) is 1. The van der Waals surface area contributed by atoms with E-state index >= 15 is 0 Å². The zero-order valence-corrected chi connectivity index (χ0v) is 12.3. The molecular weight excluding hydrogens is 281 g/mol. The number of aromatic nitrogens is 2. The summed E-state index contributed by atoms with van der Waals surface area (Å²) < 4.78 is 37.0. The quantitative estimate of drug-likeness (QED) is 0.908. The van der Waals surface area contributed by atoms with Crippen LogP contribution in [0.5, 0.6) is 0 Å². The van der Waals surface area contributed by atoms with Crippen LogP contribution < -0.4 is 5.32 Å². The summed E-state index contributed by atoms with van der Waals surface area (Å²) in [5.41, 5.74) is 0.956. The molecule has 4 nitrogen and oxygen atoms in total. The SMILES string of the molecule is CC(C)c1cc(NCC2CCN(CC(F)(F)F)C2)ncn1. The van der Waals surface area contributed by atoms with Crippen LogP contribution in [0.1, 0.15) is 31.9 Å². The topological polar surface area (TPSA) is 41.0 Å². The molecular formula is C14H21F3N4. The average Bonchev–Trinajstić information content (AvgIpc) is 2.82. The Balaban J connectivity index is 1.80. The molecule has 1 aliphatic rings. The molecule has 1 N–H and O–H groups in total. The van der Waals surface area contributed by atoms with Gasteiger partial charge >= 0.3 is 6.18 Å². The van der Waals surface area contributed by atoms with Crippen LogP contribution in [-0.4, -0.2) is 47.2 Å². The fraction of sp³-hybridized carbons (Fsp3) is 0.714. The van der Waals surface area contributed by atoms with Crippen molar-refractivity contribution in [2.75, 3.05) is 31.5 Å². The summed E-state index contributed by atoms with van der Waals surface area (Å²) in [6.07, 6.45) is -1.81. The van der Waals surface area contributed by atoms with Crippen molar-refractivity contribution in [2.24, 2.45) is 5.92 Å². The van der Waals surface area contributed by atoms with E-state index in [0.29, 0.717) is 25.6 Å². The highest BCUT2D eigenvalue weighted by molar-refractivity contribution is 5.35. The first-order valence-corrected chi connectivity index (χ1v) is 7.18. The fourth-order valence-corrected chi connectivity index (χ4v) is 2.51. The first-order valence-electron chi connectivity index (χ1n) is 7.18. The summed E-state index contributed by atoms with van der Waals surface area (Å²) in [5, 5.41) is 3.21. The summed E-state index contributed by atoms with van der Waals surface area (Å²) in [7, 11) is 0. The molecule has 0 aliphatic carbocycles. The largest absolute Gasteiger partial charge is 0.401 e. The van der Waals surface area contributed by atoms with E-state index in [-0.39, 0.29) is 5.92 Å². The summed E-state index contributed by atoms with van der Waals surface area (Å²) in [6, 6.07) is 1.90. The van der Waals surface area contributed by atoms with Crippen LogP contribution in [-0.2, 0) is 0 Å². The molecule has 0 spiro atoms. The number of halogens is 3. The van der Waals surface area contributed by atoms with Crippen LogP contribution >= 0.6 is 0 Å². The first kappa shape index (κ1) is 16.0. The van der Waals surface area contributed by atoms with Crippen molar-refractivity contribution in [1.29, 1.82) is 0 Å². The maximum atomic E-state index is 12.3. The van der Waals surface area contributed by atoms with Crippen LogP contribution in [0.25, 0.3) is 0 Å². The number of anilines is 1. The third-order valence-electron chi connectivity index (χ3n) is 3.62. The van der Waals surface area contributed by atoms with Gasteiger partial charge in [-0.3, -0.25) is 4.90 Å². The molecule has 7 heteroatoms. The van der Waals surface area contributed by atoms with Gasteiger partial charge in [-0.25, -0.2) is 9.97 Å². The molecule has 1 saturated heterocycles. The number of nitrogens with zero attached hydrogens (tertiary/aromatic N) is 3. The van der Waals surface area contributed by atoms with Gasteiger partial charge in [0.25, 0.3) is 0 Å². The number of hydrogen-bond acceptors (Lipinski definition) is 4. The van der Waals surface area contributed by atoms with Gasteiger partial charge in [-0.2, -0.15) is 13.2 Å². The third kappa shape index (κ3) is 5.15. The second kappa shape index (κ2) is 6.60. The summed E-state index contributed by atoms with van der Waals surface area (Å²) >= 11 is 0. The Morgan fingerprint density at radius 1 is 1.38 bits per heavy atom. The molecule has 0 saturated carbocycles. The van der Waals surface area contributed by atoms with Crippen molar-refractivity contribution in [2.45, 2.75) is 32.4 Å². The van der Waals surface area contributed by atoms with Gasteiger partial charge in [0.2, 0.25) is 0 Å². The normalized spacial score (nSPS) is 20.2. The predicted molar refractivity (Wildman–Crippen MR) is 75.2 cm³/mol. The Labute approximate surface area is 122 Å². The first-order chi connectivity index (χ1) is 9.83. The van der Waals surface area contributed by atoms with Gasteiger partial charge in [-0.15, -0.1) is 0 Å². The van der Waals surface area contributed by atoms with Crippen molar-refractivity contribution in [3.05, 3.63) is 18.1 Å². The van der Waals surface area contributed by atoms with Gasteiger partial charge in [0.1, 0.15) is 12.1 Å². The predicted octanol–water partition coefficient (Wildman–Crippen LogP) is 2.90. The van der Waals surface area contributed by atoms with Crippen LogP contribution in [0, 0.1) is 5.92 Å². The van der Waals surface area contributed by atoms with E-state index in [1.165, 1.54) is 11.2 Å². The summed E-state index contributed by atoms with van der Waals surface area (Å²) in [5.74, 6) is 1.29. The smallest absolute Gasteiger partial charge is 0.370 e. The van der Waals surface area contributed by atoms with Gasteiger partial charge in [0.15, 0.2) is 0 Å². The third-order valence-corrected chi connectivity index (χ3v) is 3.62. The van der Waals surface area contributed by atoms with Crippen LogP contribution in [0.15, 0.2) is 12.4 Å². The van der Waals surface area contributed by atoms with E-state index in [4.69, 9.17) is 0 Å². The van der Waals surface area contributed by atoms with Crippen LogP contribution in [0.4, 0.5) is 19.0 Å². The van der Waals surface area contributed by atoms with E-state index in [2.05, 4.69) is 29.1 Å². The lowest BCUT2D eigenvalue weighted by molar-refractivity contribution is -0.143. The van der Waals surface area contributed by atoms with Crippen LogP contribution in [0.3, 0.4) is 0 Å². The zero-order chi connectivity index (χ0) is 15.5. The van der Waals surface area contributed by atoms with Crippen molar-refractivity contribution >= 4 is 5.82 Å². The van der Waals surface area contributed by atoms with Crippen molar-refractivity contribution in [3.8, 4) is 0 Å². The fourth-order valence-electron chi connectivity index (χ4n) is 2.51. The lowest BCUT2D eigenvalue weighted by Crippen LogP contribution is -2.33. The molecule has 0 bridgehead atoms. The standard InChI is InChI=1S/C14H21F3N4/c1-10(2)12-5-13(20-9-19-12)18-6-11-3-4-21(7-11)8-14(15,16)17/h5,9-11H,3-4,6-8H2,1-2H3,(H,18,19,20). The maximum absolute atomic E-state index is 12.3. The van der Waals surface area contributed by atoms with Gasteiger partial charge in [-0.05, 0) is 24.8 Å². The van der Waals surface area contributed by atoms with E-state index in [1.54, 1.807) is 0 Å². The van der Waals surface area contributed by atoms with E-state index < -0.39 is 12.7 Å². The molecule has 2 heterocycles. The highest BCUT2D eigenvalue weighted by Crippen LogP contribution is 2.23. The molecule has 1 fully saturated rings. The second-order valence-corrected chi connectivity index (χ2v) is 5.87. The summed E-state index contributed by atoms with van der Waals surface area (Å²) in [4.78, 5) is 9.80. The lowest BCUT2D eigenvalue weighted by atomic mass is 10.1. The van der Waals surface area contributed by atoms with Crippen molar-refractivity contribution in [1.82, 2.24) is 14.9 Å². The van der Waals surface area contributed by atoms with Gasteiger partial charge in [-0.1, -0.05) is 13.8 Å². The molecule has 0 aromatic carbocycles. The number of rotatable bonds is 5. The molecule has 2 rings (SSSR count). The Morgan fingerprint density at radius 3 is 2.81 bits per heavy atom. The zero-order valence-electron chi connectivity index (χ0n) is 12.3. The van der Waals surface area contributed by atoms with E-state index in [1.807, 2.05) is 6.07 Å². The maximum Gasteiger partial charge on any atom is 0.401 e. The number of nitrogens with one attached hydrogen (secondary N) is 1. The molecule has 1 aromatic rings. The summed E-state index contributed by atoms with van der Waals surface area (Å²) in [6.45, 7) is 4.93. The molecule has 1 aliphatic heterocycles. The minimum absolute atomic E-state index is 0.227. The van der Waals surface area contributed by atoms with E-state index in [0.717, 1.165) is 17.9 Å².